The van der Waals surface area contributed by atoms with E-state index in [0.29, 0.717) is 0 Å². The van der Waals surface area contributed by atoms with Crippen molar-refractivity contribution in [2.75, 3.05) is 0 Å². The van der Waals surface area contributed by atoms with Gasteiger partial charge < -0.3 is 13.7 Å². The fraction of sp³-hybridized carbons (Fsp3) is 0. The Morgan fingerprint density at radius 1 is 0.562 bits per heavy atom. The molecule has 0 spiro atoms. The molecule has 0 aromatic rings. The van der Waals surface area contributed by atoms with E-state index in [2.05, 4.69) is 15.4 Å². The Labute approximate surface area is 124 Å². The molecule has 16 heteroatoms. The van der Waals surface area contributed by atoms with Crippen molar-refractivity contribution in [1.29, 1.82) is 0 Å². The van der Waals surface area contributed by atoms with E-state index in [9.17, 15) is 0 Å². The first kappa shape index (κ1) is 25.7. The van der Waals surface area contributed by atoms with Crippen molar-refractivity contribution in [2.24, 2.45) is 15.4 Å². The Kier molecular flexibility index (Phi) is 15.9. The van der Waals surface area contributed by atoms with Crippen molar-refractivity contribution in [3.8, 4) is 0 Å². The topological polar surface area (TPSA) is 250 Å². The van der Waals surface area contributed by atoms with Crippen LogP contribution in [0.3, 0.4) is 0 Å². The van der Waals surface area contributed by atoms with Crippen LogP contribution in [0.4, 0.5) is 0 Å². The van der Waals surface area contributed by atoms with Crippen LogP contribution in [0.5, 0.6) is 0 Å². The fourth-order valence-electron chi connectivity index (χ4n) is 0. The van der Waals surface area contributed by atoms with Crippen LogP contribution in [0.15, 0.2) is 0 Å². The molecule has 0 rings (SSSR count). The van der Waals surface area contributed by atoms with Gasteiger partial charge in [0.25, 0.3) is 0 Å². The third-order valence-electron chi connectivity index (χ3n) is 0. The summed E-state index contributed by atoms with van der Waals surface area (Å²) in [5.74, 6) is 0. The largest absolute Gasteiger partial charge is 3.00 e. The molecule has 0 amide bonds. The van der Waals surface area contributed by atoms with Crippen molar-refractivity contribution < 1.29 is 79.3 Å². The van der Waals surface area contributed by atoms with Gasteiger partial charge in [0.15, 0.2) is 30.9 Å². The molecule has 0 bridgehead atoms. The predicted octanol–water partition coefficient (Wildman–Crippen LogP) is -4.78. The third-order valence-corrected chi connectivity index (χ3v) is 0. The van der Waals surface area contributed by atoms with Crippen LogP contribution in [0.2, 0.25) is 0 Å². The molecule has 0 aliphatic rings. The molecule has 0 atom stereocenters. The smallest absolute Gasteiger partial charge is 0.736 e. The van der Waals surface area contributed by atoms with Crippen molar-refractivity contribution in [3.63, 3.8) is 0 Å². The second-order valence-corrected chi connectivity index (χ2v) is 4.44. The third kappa shape index (κ3) is 3240. The van der Waals surface area contributed by atoms with Crippen LogP contribution in [0, 0.1) is 40.4 Å². The molecule has 99 valence electrons. The summed E-state index contributed by atoms with van der Waals surface area (Å²) in [7, 11) is -13.2. The molecule has 0 aliphatic carbocycles. The van der Waals surface area contributed by atoms with Crippen LogP contribution >= 0.6 is 0 Å². The molecule has 1 radical (unpaired) electrons. The minimum atomic E-state index is -4.42. The van der Waals surface area contributed by atoms with E-state index in [-0.39, 0.29) is 40.4 Å². The molecule has 0 heterocycles. The Hall–Kier alpha value is 0.948. The summed E-state index contributed by atoms with van der Waals surface area (Å²) in [6.07, 6.45) is 0. The molecular weight excluding hydrogens is 433 g/mol. The van der Waals surface area contributed by atoms with Gasteiger partial charge in [-0.15, -0.1) is 0 Å². The quantitative estimate of drug-likeness (QED) is 0.306. The van der Waals surface area contributed by atoms with Crippen molar-refractivity contribution >= 4 is 30.9 Å². The number of rotatable bonds is 0. The zero-order valence-electron chi connectivity index (χ0n) is 7.04. The van der Waals surface area contributed by atoms with E-state index in [1.807, 2.05) is 0 Å². The van der Waals surface area contributed by atoms with Gasteiger partial charge in [-0.2, -0.15) is 0 Å². The first-order chi connectivity index (χ1) is 6.00. The first-order valence-corrected chi connectivity index (χ1v) is 6.62. The van der Waals surface area contributed by atoms with E-state index < -0.39 is 30.9 Å². The SMILES string of the molecule is NS(=O)(=O)[O-].NS(=O)(=O)[O-].NS(=O)(=O)[O-].[Sm+3]. The summed E-state index contributed by atoms with van der Waals surface area (Å²) >= 11 is 0. The van der Waals surface area contributed by atoms with Crippen LogP contribution in [0.1, 0.15) is 0 Å². The van der Waals surface area contributed by atoms with Crippen molar-refractivity contribution in [3.05, 3.63) is 0 Å². The number of nitrogens with two attached hydrogens (primary N) is 3. The Morgan fingerprint density at radius 3 is 0.562 bits per heavy atom. The van der Waals surface area contributed by atoms with E-state index >= 15 is 0 Å². The molecule has 0 aromatic carbocycles. The Morgan fingerprint density at radius 2 is 0.562 bits per heavy atom. The molecule has 0 aliphatic heterocycles. The van der Waals surface area contributed by atoms with E-state index in [4.69, 9.17) is 38.9 Å². The normalized spacial score (nSPS) is 10.9. The van der Waals surface area contributed by atoms with Crippen LogP contribution in [-0.4, -0.2) is 38.9 Å². The second-order valence-electron chi connectivity index (χ2n) is 1.48. The zero-order chi connectivity index (χ0) is 13.5. The van der Waals surface area contributed by atoms with Gasteiger partial charge in [-0.25, -0.2) is 40.7 Å². The molecule has 0 saturated carbocycles. The molecule has 12 nitrogen and oxygen atoms in total. The summed E-state index contributed by atoms with van der Waals surface area (Å²) in [6.45, 7) is 0. The molecule has 0 saturated heterocycles. The average molecular weight is 439 g/mol. The molecule has 6 N–H and O–H groups in total. The van der Waals surface area contributed by atoms with Gasteiger partial charge in [0.1, 0.15) is 0 Å². The summed E-state index contributed by atoms with van der Waals surface area (Å²) in [5, 5.41) is 11.3. The molecule has 0 unspecified atom stereocenters. The van der Waals surface area contributed by atoms with Gasteiger partial charge in [0.2, 0.25) is 0 Å². The molecule has 0 fully saturated rings. The van der Waals surface area contributed by atoms with Gasteiger partial charge in [-0.05, 0) is 0 Å². The van der Waals surface area contributed by atoms with Gasteiger partial charge in [-0.3, -0.25) is 0 Å². The second kappa shape index (κ2) is 9.93. The summed E-state index contributed by atoms with van der Waals surface area (Å²) in [6, 6.07) is 0. The fourth-order valence-corrected chi connectivity index (χ4v) is 0. The maximum atomic E-state index is 8.85. The maximum absolute atomic E-state index is 8.85. The zero-order valence-corrected chi connectivity index (χ0v) is 12.1. The minimum Gasteiger partial charge on any atom is -0.736 e. The standard InChI is InChI=1S/3H3NO3S.Sm/c3*1-5(2,3)4;/h3*(H3,1,2,3,4);/q;;;+3/p-3. The maximum Gasteiger partial charge on any atom is 3.00 e. The molecular formula is H6N3O9S3Sm. The molecule has 16 heavy (non-hydrogen) atoms. The van der Waals surface area contributed by atoms with Crippen LogP contribution in [-0.2, 0) is 30.9 Å². The number of hydrogen-bond acceptors (Lipinski definition) is 9. The monoisotopic (exact) mass is 440 g/mol. The minimum absolute atomic E-state index is 0. The number of hydrogen-bond donors (Lipinski definition) is 3. The van der Waals surface area contributed by atoms with E-state index in [1.54, 1.807) is 0 Å². The van der Waals surface area contributed by atoms with Crippen molar-refractivity contribution in [1.82, 2.24) is 0 Å². The summed E-state index contributed by atoms with van der Waals surface area (Å²) in [4.78, 5) is 0. The van der Waals surface area contributed by atoms with E-state index in [1.165, 1.54) is 0 Å². The van der Waals surface area contributed by atoms with Gasteiger partial charge in [-0.1, -0.05) is 0 Å². The summed E-state index contributed by atoms with van der Waals surface area (Å²) in [5.41, 5.74) is 0. The van der Waals surface area contributed by atoms with Crippen LogP contribution < -0.4 is 15.4 Å². The van der Waals surface area contributed by atoms with E-state index in [0.717, 1.165) is 0 Å². The summed E-state index contributed by atoms with van der Waals surface area (Å²) < 4.78 is 79.7. The Balaban J connectivity index is -0.0000000655. The Bertz CT molecular complexity index is 347. The molecule has 0 aromatic heterocycles. The van der Waals surface area contributed by atoms with Crippen molar-refractivity contribution in [2.45, 2.75) is 0 Å². The van der Waals surface area contributed by atoms with Gasteiger partial charge >= 0.3 is 40.4 Å². The van der Waals surface area contributed by atoms with Gasteiger partial charge in [0, 0.05) is 0 Å². The van der Waals surface area contributed by atoms with Crippen LogP contribution in [0.25, 0.3) is 0 Å². The van der Waals surface area contributed by atoms with Gasteiger partial charge in [0.05, 0.1) is 0 Å². The first-order valence-electron chi connectivity index (χ1n) is 2.21. The average Bonchev–Trinajstić information content (AvgIpc) is 1.41. The predicted molar refractivity (Wildman–Crippen MR) is 41.7 cm³/mol.